The fourth-order valence-corrected chi connectivity index (χ4v) is 4.84. The number of hydrogen-bond donors (Lipinski definition) is 2. The van der Waals surface area contributed by atoms with Crippen LogP contribution in [0.2, 0.25) is 0 Å². The summed E-state index contributed by atoms with van der Waals surface area (Å²) in [5, 5.41) is 5.66. The predicted octanol–water partition coefficient (Wildman–Crippen LogP) is 5.11. The van der Waals surface area contributed by atoms with Crippen molar-refractivity contribution < 1.29 is 17.9 Å². The topological polar surface area (TPSA) is 96.9 Å². The van der Waals surface area contributed by atoms with E-state index in [2.05, 4.69) is 15.2 Å². The second kappa shape index (κ2) is 10.1. The SMILES string of the molecule is O=C(NN=Cc1ccc(Oc2ccccc2)cc1)c1ccc(NS(=O)(=O)c2cccs2)cc1. The van der Waals surface area contributed by atoms with Crippen molar-refractivity contribution in [3.8, 4) is 11.5 Å². The van der Waals surface area contributed by atoms with Gasteiger partial charge in [-0.2, -0.15) is 5.10 Å². The molecule has 0 bridgehead atoms. The molecule has 7 nitrogen and oxygen atoms in total. The summed E-state index contributed by atoms with van der Waals surface area (Å²) in [7, 11) is -3.63. The van der Waals surface area contributed by atoms with Crippen molar-refractivity contribution in [1.82, 2.24) is 5.43 Å². The minimum atomic E-state index is -3.63. The molecule has 0 aliphatic rings. The van der Waals surface area contributed by atoms with E-state index in [4.69, 9.17) is 4.74 Å². The second-order valence-electron chi connectivity index (χ2n) is 6.80. The van der Waals surface area contributed by atoms with Crippen LogP contribution < -0.4 is 14.9 Å². The number of anilines is 1. The Bertz CT molecular complexity index is 1340. The molecule has 0 saturated heterocycles. The van der Waals surface area contributed by atoms with Gasteiger partial charge in [-0.25, -0.2) is 13.8 Å². The molecule has 0 fully saturated rings. The van der Waals surface area contributed by atoms with E-state index in [0.717, 1.165) is 22.6 Å². The summed E-state index contributed by atoms with van der Waals surface area (Å²) < 4.78 is 33.0. The first kappa shape index (κ1) is 22.3. The maximum atomic E-state index is 12.3. The average Bonchev–Trinajstić information content (AvgIpc) is 3.37. The molecule has 166 valence electrons. The van der Waals surface area contributed by atoms with Crippen LogP contribution in [0.15, 0.2) is 106 Å². The van der Waals surface area contributed by atoms with Crippen molar-refractivity contribution in [3.05, 3.63) is 108 Å². The Kier molecular flexibility index (Phi) is 6.82. The Balaban J connectivity index is 1.31. The van der Waals surface area contributed by atoms with Gasteiger partial charge in [-0.3, -0.25) is 9.52 Å². The number of carbonyl (C=O) groups excluding carboxylic acids is 1. The van der Waals surface area contributed by atoms with Gasteiger partial charge in [0.15, 0.2) is 0 Å². The smallest absolute Gasteiger partial charge is 0.271 e. The van der Waals surface area contributed by atoms with Gasteiger partial charge in [-0.1, -0.05) is 24.3 Å². The summed E-state index contributed by atoms with van der Waals surface area (Å²) >= 11 is 1.13. The van der Waals surface area contributed by atoms with Crippen molar-refractivity contribution in [2.45, 2.75) is 4.21 Å². The summed E-state index contributed by atoms with van der Waals surface area (Å²) in [6.07, 6.45) is 1.52. The number of nitrogens with one attached hydrogen (secondary N) is 2. The third kappa shape index (κ3) is 6.06. The van der Waals surface area contributed by atoms with Crippen LogP contribution in [-0.2, 0) is 10.0 Å². The number of hydrogen-bond acceptors (Lipinski definition) is 6. The molecular formula is C24H19N3O4S2. The van der Waals surface area contributed by atoms with E-state index >= 15 is 0 Å². The fraction of sp³-hybridized carbons (Fsp3) is 0. The van der Waals surface area contributed by atoms with Gasteiger partial charge in [0.2, 0.25) is 0 Å². The van der Waals surface area contributed by atoms with E-state index in [-0.39, 0.29) is 4.21 Å². The molecule has 33 heavy (non-hydrogen) atoms. The van der Waals surface area contributed by atoms with Gasteiger partial charge in [0.1, 0.15) is 15.7 Å². The highest BCUT2D eigenvalue weighted by Crippen LogP contribution is 2.21. The van der Waals surface area contributed by atoms with E-state index in [9.17, 15) is 13.2 Å². The first-order valence-corrected chi connectivity index (χ1v) is 12.2. The maximum absolute atomic E-state index is 12.3. The van der Waals surface area contributed by atoms with Crippen molar-refractivity contribution in [2.24, 2.45) is 5.10 Å². The zero-order valence-electron chi connectivity index (χ0n) is 17.2. The molecule has 0 saturated carbocycles. The number of ether oxygens (including phenoxy) is 1. The van der Waals surface area contributed by atoms with Gasteiger partial charge in [0.25, 0.3) is 15.9 Å². The van der Waals surface area contributed by atoms with Crippen molar-refractivity contribution in [1.29, 1.82) is 0 Å². The summed E-state index contributed by atoms with van der Waals surface area (Å²) in [4.78, 5) is 12.3. The monoisotopic (exact) mass is 477 g/mol. The van der Waals surface area contributed by atoms with E-state index in [0.29, 0.717) is 17.0 Å². The van der Waals surface area contributed by atoms with E-state index < -0.39 is 15.9 Å². The predicted molar refractivity (Wildman–Crippen MR) is 130 cm³/mol. The number of amides is 1. The zero-order valence-corrected chi connectivity index (χ0v) is 18.8. The Hall–Kier alpha value is -3.95. The van der Waals surface area contributed by atoms with Gasteiger partial charge < -0.3 is 4.74 Å². The number of rotatable bonds is 8. The zero-order chi connectivity index (χ0) is 23.1. The second-order valence-corrected chi connectivity index (χ2v) is 9.66. The molecule has 0 radical (unpaired) electrons. The van der Waals surface area contributed by atoms with Gasteiger partial charge >= 0.3 is 0 Å². The highest BCUT2D eigenvalue weighted by Gasteiger charge is 2.15. The summed E-state index contributed by atoms with van der Waals surface area (Å²) in [6, 6.07) is 26.0. The number of carbonyl (C=O) groups is 1. The number of para-hydroxylation sites is 1. The number of thiophene rings is 1. The molecule has 0 unspecified atom stereocenters. The molecule has 0 atom stereocenters. The highest BCUT2D eigenvalue weighted by molar-refractivity contribution is 7.94. The lowest BCUT2D eigenvalue weighted by molar-refractivity contribution is 0.0955. The summed E-state index contributed by atoms with van der Waals surface area (Å²) in [5.74, 6) is 1.02. The van der Waals surface area contributed by atoms with E-state index in [1.165, 1.54) is 36.5 Å². The molecule has 0 aliphatic carbocycles. The standard InChI is InChI=1S/C24H19N3O4S2/c28-24(19-10-12-20(13-11-19)27-33(29,30)23-7-4-16-32-23)26-25-17-18-8-14-22(15-9-18)31-21-5-2-1-3-6-21/h1-17,27H,(H,26,28). The first-order chi connectivity index (χ1) is 16.0. The van der Waals surface area contributed by atoms with E-state index in [1.54, 1.807) is 11.4 Å². The molecule has 1 amide bonds. The molecule has 2 N–H and O–H groups in total. The lowest BCUT2D eigenvalue weighted by Crippen LogP contribution is -2.17. The quantitative estimate of drug-likeness (QED) is 0.272. The largest absolute Gasteiger partial charge is 0.457 e. The molecule has 0 spiro atoms. The molecule has 1 aromatic heterocycles. The summed E-state index contributed by atoms with van der Waals surface area (Å²) in [5.41, 5.74) is 3.95. The van der Waals surface area contributed by atoms with Crippen LogP contribution in [0, 0.1) is 0 Å². The Morgan fingerprint density at radius 1 is 0.848 bits per heavy atom. The van der Waals surface area contributed by atoms with Crippen LogP contribution in [0.4, 0.5) is 5.69 Å². The minimum Gasteiger partial charge on any atom is -0.457 e. The molecule has 0 aliphatic heterocycles. The van der Waals surface area contributed by atoms with Crippen LogP contribution >= 0.6 is 11.3 Å². The Morgan fingerprint density at radius 2 is 1.55 bits per heavy atom. The first-order valence-electron chi connectivity index (χ1n) is 9.82. The molecule has 4 rings (SSSR count). The van der Waals surface area contributed by atoms with E-state index in [1.807, 2.05) is 54.6 Å². The van der Waals surface area contributed by atoms with Gasteiger partial charge in [0, 0.05) is 11.3 Å². The van der Waals surface area contributed by atoms with Gasteiger partial charge in [0.05, 0.1) is 6.21 Å². The fourth-order valence-electron chi connectivity index (χ4n) is 2.79. The molecular weight excluding hydrogens is 458 g/mol. The Morgan fingerprint density at radius 3 is 2.21 bits per heavy atom. The normalized spacial score (nSPS) is 11.3. The number of benzene rings is 3. The van der Waals surface area contributed by atoms with Crippen molar-refractivity contribution in [2.75, 3.05) is 4.72 Å². The third-order valence-electron chi connectivity index (χ3n) is 4.40. The number of sulfonamides is 1. The van der Waals surface area contributed by atoms with Crippen molar-refractivity contribution >= 4 is 39.2 Å². The lowest BCUT2D eigenvalue weighted by Gasteiger charge is -2.07. The van der Waals surface area contributed by atoms with Crippen LogP contribution in [0.25, 0.3) is 0 Å². The van der Waals surface area contributed by atoms with Crippen LogP contribution in [0.5, 0.6) is 11.5 Å². The van der Waals surface area contributed by atoms with Crippen LogP contribution in [0.1, 0.15) is 15.9 Å². The Labute approximate surface area is 195 Å². The molecule has 3 aromatic carbocycles. The van der Waals surface area contributed by atoms with Gasteiger partial charge in [-0.15, -0.1) is 11.3 Å². The molecule has 4 aromatic rings. The summed E-state index contributed by atoms with van der Waals surface area (Å²) in [6.45, 7) is 0. The van der Waals surface area contributed by atoms with Crippen LogP contribution in [-0.4, -0.2) is 20.5 Å². The van der Waals surface area contributed by atoms with Gasteiger partial charge in [-0.05, 0) is 77.7 Å². The van der Waals surface area contributed by atoms with Crippen LogP contribution in [0.3, 0.4) is 0 Å². The molecule has 1 heterocycles. The number of nitrogens with zero attached hydrogens (tertiary/aromatic N) is 1. The molecule has 9 heteroatoms. The van der Waals surface area contributed by atoms with Crippen molar-refractivity contribution in [3.63, 3.8) is 0 Å². The number of hydrazone groups is 1. The third-order valence-corrected chi connectivity index (χ3v) is 7.18. The average molecular weight is 478 g/mol. The highest BCUT2D eigenvalue weighted by atomic mass is 32.2. The minimum absolute atomic E-state index is 0.221. The maximum Gasteiger partial charge on any atom is 0.271 e. The lowest BCUT2D eigenvalue weighted by atomic mass is 10.2.